The largest absolute Gasteiger partial charge is 0.508 e. The van der Waals surface area contributed by atoms with Gasteiger partial charge in [-0.2, -0.15) is 0 Å². The fraction of sp³-hybridized carbons (Fsp3) is 0.483. The van der Waals surface area contributed by atoms with Crippen molar-refractivity contribution in [2.75, 3.05) is 11.9 Å². The van der Waals surface area contributed by atoms with E-state index in [1.165, 1.54) is 11.0 Å². The Hall–Kier alpha value is -3.55. The monoisotopic (exact) mass is 511 g/mol. The summed E-state index contributed by atoms with van der Waals surface area (Å²) in [6, 6.07) is 11.8. The third-order valence-electron chi connectivity index (χ3n) is 5.64. The molecule has 2 aromatic rings. The second-order valence-electron chi connectivity index (χ2n) is 10.6. The molecule has 0 saturated heterocycles. The van der Waals surface area contributed by atoms with Gasteiger partial charge in [0.2, 0.25) is 5.91 Å². The van der Waals surface area contributed by atoms with Gasteiger partial charge in [-0.1, -0.05) is 57.2 Å². The van der Waals surface area contributed by atoms with Crippen molar-refractivity contribution in [1.82, 2.24) is 10.2 Å². The van der Waals surface area contributed by atoms with E-state index in [9.17, 15) is 19.5 Å². The van der Waals surface area contributed by atoms with Crippen LogP contribution in [0.1, 0.15) is 71.6 Å². The SMILES string of the molecule is CCCN(C(=O)C(CC(C)C)NC(=O)OC(C)(C)C)C(C(=O)Nc1ccccc1C)c1ccccc1O. The van der Waals surface area contributed by atoms with E-state index < -0.39 is 35.6 Å². The summed E-state index contributed by atoms with van der Waals surface area (Å²) in [6.45, 7) is 13.2. The molecule has 3 amide bonds. The average Bonchev–Trinajstić information content (AvgIpc) is 2.79. The van der Waals surface area contributed by atoms with Crippen LogP contribution >= 0.6 is 0 Å². The molecule has 0 fully saturated rings. The Kier molecular flexibility index (Phi) is 10.5. The summed E-state index contributed by atoms with van der Waals surface area (Å²) in [6.07, 6.45) is 0.214. The normalized spacial score (nSPS) is 13.0. The number of phenolic OH excluding ortho intramolecular Hbond substituents is 1. The van der Waals surface area contributed by atoms with Gasteiger partial charge >= 0.3 is 6.09 Å². The number of amides is 3. The van der Waals surface area contributed by atoms with Crippen LogP contribution in [-0.4, -0.2) is 46.1 Å². The number of benzene rings is 2. The Labute approximate surface area is 220 Å². The molecule has 2 rings (SSSR count). The van der Waals surface area contributed by atoms with Crippen molar-refractivity contribution < 1.29 is 24.2 Å². The van der Waals surface area contributed by atoms with Gasteiger partial charge in [0.05, 0.1) is 0 Å². The predicted octanol–water partition coefficient (Wildman–Crippen LogP) is 5.56. The number of hydrogen-bond acceptors (Lipinski definition) is 5. The van der Waals surface area contributed by atoms with Gasteiger partial charge in [-0.25, -0.2) is 4.79 Å². The zero-order chi connectivity index (χ0) is 27.8. The lowest BCUT2D eigenvalue weighted by Gasteiger charge is -2.35. The van der Waals surface area contributed by atoms with Crippen LogP contribution in [0.15, 0.2) is 48.5 Å². The van der Waals surface area contributed by atoms with E-state index >= 15 is 0 Å². The number of nitrogens with one attached hydrogen (secondary N) is 2. The lowest BCUT2D eigenvalue weighted by molar-refractivity contribution is -0.141. The van der Waals surface area contributed by atoms with Gasteiger partial charge in [0.1, 0.15) is 23.4 Å². The zero-order valence-electron chi connectivity index (χ0n) is 23.0. The van der Waals surface area contributed by atoms with Crippen LogP contribution in [0.25, 0.3) is 0 Å². The second-order valence-corrected chi connectivity index (χ2v) is 10.6. The van der Waals surface area contributed by atoms with Gasteiger partial charge in [-0.15, -0.1) is 0 Å². The first-order valence-electron chi connectivity index (χ1n) is 12.8. The molecule has 0 heterocycles. The number of carbonyl (C=O) groups is 3. The third kappa shape index (κ3) is 8.81. The van der Waals surface area contributed by atoms with Crippen molar-refractivity contribution in [3.8, 4) is 5.75 Å². The highest BCUT2D eigenvalue weighted by Crippen LogP contribution is 2.31. The fourth-order valence-electron chi connectivity index (χ4n) is 4.03. The summed E-state index contributed by atoms with van der Waals surface area (Å²) in [4.78, 5) is 41.8. The van der Waals surface area contributed by atoms with Crippen molar-refractivity contribution in [2.24, 2.45) is 5.92 Å². The summed E-state index contributed by atoms with van der Waals surface area (Å²) in [5, 5.41) is 16.3. The number of para-hydroxylation sites is 2. The van der Waals surface area contributed by atoms with Gasteiger partial charge in [0.25, 0.3) is 5.91 Å². The lowest BCUT2D eigenvalue weighted by atomic mass is 9.98. The molecule has 0 bridgehead atoms. The number of aryl methyl sites for hydroxylation is 1. The van der Waals surface area contributed by atoms with Crippen molar-refractivity contribution in [1.29, 1.82) is 0 Å². The number of alkyl carbamates (subject to hydrolysis) is 1. The van der Waals surface area contributed by atoms with Crippen molar-refractivity contribution in [3.05, 3.63) is 59.7 Å². The van der Waals surface area contributed by atoms with Crippen LogP contribution in [-0.2, 0) is 14.3 Å². The van der Waals surface area contributed by atoms with Crippen molar-refractivity contribution in [2.45, 2.75) is 79.0 Å². The Morgan fingerprint density at radius 1 is 1.03 bits per heavy atom. The Bertz CT molecular complexity index is 1080. The minimum absolute atomic E-state index is 0.0803. The van der Waals surface area contributed by atoms with E-state index in [2.05, 4.69) is 10.6 Å². The van der Waals surface area contributed by atoms with E-state index in [0.29, 0.717) is 24.1 Å². The number of rotatable bonds is 10. The molecular weight excluding hydrogens is 470 g/mol. The maximum atomic E-state index is 14.0. The number of phenols is 1. The standard InChI is InChI=1S/C29H41N3O5/c1-8-17-32(27(35)23(18-19(2)3)31-28(36)37-29(5,6)7)25(21-14-10-12-16-24(21)33)26(34)30-22-15-11-9-13-20(22)4/h9-16,19,23,25,33H,8,17-18H2,1-7H3,(H,30,34)(H,31,36). The van der Waals surface area contributed by atoms with Crippen LogP contribution in [0.3, 0.4) is 0 Å². The molecule has 0 aliphatic carbocycles. The van der Waals surface area contributed by atoms with Crippen molar-refractivity contribution >= 4 is 23.6 Å². The molecule has 2 atom stereocenters. The molecule has 8 nitrogen and oxygen atoms in total. The van der Waals surface area contributed by atoms with Crippen LogP contribution in [0, 0.1) is 12.8 Å². The van der Waals surface area contributed by atoms with Crippen LogP contribution < -0.4 is 10.6 Å². The molecule has 2 aromatic carbocycles. The van der Waals surface area contributed by atoms with Gasteiger partial charge in [0.15, 0.2) is 0 Å². The maximum absolute atomic E-state index is 14.0. The molecule has 202 valence electrons. The molecule has 37 heavy (non-hydrogen) atoms. The number of carbonyl (C=O) groups excluding carboxylic acids is 3. The number of aromatic hydroxyl groups is 1. The van der Waals surface area contributed by atoms with E-state index in [-0.39, 0.29) is 18.2 Å². The van der Waals surface area contributed by atoms with Crippen LogP contribution in [0.4, 0.5) is 10.5 Å². The van der Waals surface area contributed by atoms with Crippen molar-refractivity contribution in [3.63, 3.8) is 0 Å². The Morgan fingerprint density at radius 2 is 1.65 bits per heavy atom. The quantitative estimate of drug-likeness (QED) is 0.387. The van der Waals surface area contributed by atoms with E-state index in [4.69, 9.17) is 4.74 Å². The summed E-state index contributed by atoms with van der Waals surface area (Å²) in [5.41, 5.74) is 1.05. The Balaban J connectivity index is 2.51. The molecule has 2 unspecified atom stereocenters. The van der Waals surface area contributed by atoms with E-state index in [0.717, 1.165) is 5.56 Å². The second kappa shape index (κ2) is 13.1. The first-order valence-corrected chi connectivity index (χ1v) is 12.8. The fourth-order valence-corrected chi connectivity index (χ4v) is 4.03. The van der Waals surface area contributed by atoms with Gasteiger partial charge < -0.3 is 25.4 Å². The highest BCUT2D eigenvalue weighted by molar-refractivity contribution is 5.99. The predicted molar refractivity (Wildman–Crippen MR) is 145 cm³/mol. The number of nitrogens with zero attached hydrogens (tertiary/aromatic N) is 1. The molecule has 0 spiro atoms. The molecule has 3 N–H and O–H groups in total. The summed E-state index contributed by atoms with van der Waals surface area (Å²) in [7, 11) is 0. The Morgan fingerprint density at radius 3 is 2.22 bits per heavy atom. The first kappa shape index (κ1) is 29.7. The zero-order valence-corrected chi connectivity index (χ0v) is 23.0. The minimum atomic E-state index is -1.12. The van der Waals surface area contributed by atoms with E-state index in [1.54, 1.807) is 45.0 Å². The van der Waals surface area contributed by atoms with E-state index in [1.807, 2.05) is 45.9 Å². The number of ether oxygens (including phenoxy) is 1. The smallest absolute Gasteiger partial charge is 0.408 e. The number of hydrogen-bond donors (Lipinski definition) is 3. The van der Waals surface area contributed by atoms with Gasteiger partial charge in [-0.05, 0) is 64.2 Å². The summed E-state index contributed by atoms with van der Waals surface area (Å²) in [5.74, 6) is -0.897. The molecule has 0 saturated carbocycles. The van der Waals surface area contributed by atoms with Crippen LogP contribution in [0.2, 0.25) is 0 Å². The lowest BCUT2D eigenvalue weighted by Crippen LogP contribution is -2.53. The number of anilines is 1. The molecule has 0 aromatic heterocycles. The highest BCUT2D eigenvalue weighted by Gasteiger charge is 2.37. The topological polar surface area (TPSA) is 108 Å². The molecular formula is C29H41N3O5. The first-order chi connectivity index (χ1) is 17.3. The maximum Gasteiger partial charge on any atom is 0.408 e. The van der Waals surface area contributed by atoms with Crippen LogP contribution in [0.5, 0.6) is 5.75 Å². The molecule has 8 heteroatoms. The highest BCUT2D eigenvalue weighted by atomic mass is 16.6. The average molecular weight is 512 g/mol. The third-order valence-corrected chi connectivity index (χ3v) is 5.64. The molecule has 0 aliphatic rings. The molecule has 0 radical (unpaired) electrons. The molecule has 0 aliphatic heterocycles. The summed E-state index contributed by atoms with van der Waals surface area (Å²) < 4.78 is 5.40. The minimum Gasteiger partial charge on any atom is -0.508 e. The summed E-state index contributed by atoms with van der Waals surface area (Å²) >= 11 is 0. The van der Waals surface area contributed by atoms with Gasteiger partial charge in [-0.3, -0.25) is 9.59 Å². The van der Waals surface area contributed by atoms with Gasteiger partial charge in [0, 0.05) is 17.8 Å².